The Kier molecular flexibility index (Phi) is 4.07. The van der Waals surface area contributed by atoms with Gasteiger partial charge in [0.25, 0.3) is 10.1 Å². The largest absolute Gasteiger partial charge is 0.344 e. The first-order valence-corrected chi connectivity index (χ1v) is 8.51. The molecule has 0 saturated carbocycles. The summed E-state index contributed by atoms with van der Waals surface area (Å²) in [4.78, 5) is 0. The molecule has 3 atom stereocenters. The minimum Gasteiger partial charge on any atom is -0.344 e. The van der Waals surface area contributed by atoms with Gasteiger partial charge in [-0.1, -0.05) is 25.5 Å². The molecule has 2 rings (SSSR count). The Hall–Kier alpha value is -0.430. The molecule has 0 aromatic heterocycles. The van der Waals surface area contributed by atoms with Crippen LogP contribution >= 0.6 is 0 Å². The minimum atomic E-state index is -3.52. The van der Waals surface area contributed by atoms with E-state index >= 15 is 0 Å². The van der Waals surface area contributed by atoms with Crippen LogP contribution in [-0.2, 0) is 23.8 Å². The molecule has 0 radical (unpaired) electrons. The Morgan fingerprint density at radius 1 is 1.37 bits per heavy atom. The van der Waals surface area contributed by atoms with Gasteiger partial charge < -0.3 is 9.47 Å². The molecule has 5 nitrogen and oxygen atoms in total. The van der Waals surface area contributed by atoms with E-state index < -0.39 is 22.0 Å². The van der Waals surface area contributed by atoms with E-state index in [0.717, 1.165) is 31.1 Å². The van der Waals surface area contributed by atoms with Crippen molar-refractivity contribution in [3.63, 3.8) is 0 Å². The molecule has 0 bridgehead atoms. The summed E-state index contributed by atoms with van der Waals surface area (Å²) >= 11 is 0. The molecule has 1 saturated heterocycles. The van der Waals surface area contributed by atoms with Gasteiger partial charge >= 0.3 is 0 Å². The molecule has 1 aliphatic carbocycles. The maximum absolute atomic E-state index is 11.3. The summed E-state index contributed by atoms with van der Waals surface area (Å²) in [5.41, 5.74) is 1.07. The molecule has 1 heterocycles. The van der Waals surface area contributed by atoms with Gasteiger partial charge in [-0.3, -0.25) is 4.18 Å². The van der Waals surface area contributed by atoms with E-state index in [1.54, 1.807) is 0 Å². The second-order valence-corrected chi connectivity index (χ2v) is 6.94. The summed E-state index contributed by atoms with van der Waals surface area (Å²) < 4.78 is 39.9. The third kappa shape index (κ3) is 3.18. The molecule has 19 heavy (non-hydrogen) atoms. The monoisotopic (exact) mass is 290 g/mol. The minimum absolute atomic E-state index is 0.128. The average molecular weight is 290 g/mol. The molecule has 110 valence electrons. The molecule has 0 aromatic carbocycles. The first kappa shape index (κ1) is 15.0. The zero-order valence-electron chi connectivity index (χ0n) is 11.9. The quantitative estimate of drug-likeness (QED) is 0.585. The van der Waals surface area contributed by atoms with Crippen molar-refractivity contribution in [2.45, 2.75) is 64.1 Å². The third-order valence-electron chi connectivity index (χ3n) is 3.74. The van der Waals surface area contributed by atoms with Crippen molar-refractivity contribution in [2.24, 2.45) is 0 Å². The van der Waals surface area contributed by atoms with Crippen LogP contribution in [-0.4, -0.2) is 38.8 Å². The number of hydrogen-bond acceptors (Lipinski definition) is 5. The molecular formula is C13H22O5S. The molecule has 0 aromatic rings. The highest BCUT2D eigenvalue weighted by atomic mass is 32.2. The van der Waals surface area contributed by atoms with Crippen molar-refractivity contribution < 1.29 is 22.1 Å². The van der Waals surface area contributed by atoms with Gasteiger partial charge in [-0.15, -0.1) is 0 Å². The number of hydrogen-bond donors (Lipinski definition) is 0. The summed E-state index contributed by atoms with van der Waals surface area (Å²) in [5, 5.41) is 0. The predicted molar refractivity (Wildman–Crippen MR) is 71.1 cm³/mol. The third-order valence-corrected chi connectivity index (χ3v) is 4.31. The average Bonchev–Trinajstić information content (AvgIpc) is 2.66. The normalized spacial score (nSPS) is 33.9. The molecule has 0 unspecified atom stereocenters. The standard InChI is InChI=1S/C13H22O5S/c1-5-13(6-2)16-10-7-9(3)8-11(12(10)17-13)18-19(4,14)15/h8,10-12H,5-7H2,1-4H3/t10-,11+,12-/m1/s1. The maximum atomic E-state index is 11.3. The molecule has 6 heteroatoms. The van der Waals surface area contributed by atoms with Crippen LogP contribution in [0.5, 0.6) is 0 Å². The molecular weight excluding hydrogens is 268 g/mol. The zero-order valence-corrected chi connectivity index (χ0v) is 12.7. The van der Waals surface area contributed by atoms with E-state index in [1.807, 2.05) is 26.8 Å². The Bertz CT molecular complexity index is 463. The lowest BCUT2D eigenvalue weighted by Crippen LogP contribution is -2.40. The molecule has 0 N–H and O–H groups in total. The Balaban J connectivity index is 2.23. The first-order valence-electron chi connectivity index (χ1n) is 6.70. The van der Waals surface area contributed by atoms with E-state index in [-0.39, 0.29) is 12.2 Å². The first-order chi connectivity index (χ1) is 8.78. The number of fused-ring (bicyclic) bond motifs is 1. The van der Waals surface area contributed by atoms with Crippen LogP contribution in [0.15, 0.2) is 11.6 Å². The van der Waals surface area contributed by atoms with Crippen molar-refractivity contribution in [3.05, 3.63) is 11.6 Å². The van der Waals surface area contributed by atoms with Gasteiger partial charge in [0.05, 0.1) is 12.4 Å². The van der Waals surface area contributed by atoms with E-state index in [4.69, 9.17) is 13.7 Å². The predicted octanol–water partition coefficient (Wildman–Crippen LogP) is 1.98. The zero-order chi connectivity index (χ0) is 14.3. The highest BCUT2D eigenvalue weighted by molar-refractivity contribution is 7.86. The summed E-state index contributed by atoms with van der Waals surface area (Å²) in [5.74, 6) is -0.604. The topological polar surface area (TPSA) is 61.8 Å². The van der Waals surface area contributed by atoms with Crippen LogP contribution in [0, 0.1) is 0 Å². The van der Waals surface area contributed by atoms with Crippen LogP contribution in [0.2, 0.25) is 0 Å². The molecule has 1 aliphatic heterocycles. The maximum Gasteiger partial charge on any atom is 0.265 e. The lowest BCUT2D eigenvalue weighted by atomic mass is 9.93. The van der Waals surface area contributed by atoms with Crippen LogP contribution < -0.4 is 0 Å². The van der Waals surface area contributed by atoms with Crippen LogP contribution in [0.3, 0.4) is 0 Å². The van der Waals surface area contributed by atoms with E-state index in [9.17, 15) is 8.42 Å². The van der Waals surface area contributed by atoms with Crippen molar-refractivity contribution in [3.8, 4) is 0 Å². The SMILES string of the molecule is CCC1(CC)O[C@H]2[C@@H](OS(C)(=O)=O)C=C(C)C[C@H]2O1. The highest BCUT2D eigenvalue weighted by Crippen LogP contribution is 2.41. The van der Waals surface area contributed by atoms with Crippen LogP contribution in [0.4, 0.5) is 0 Å². The van der Waals surface area contributed by atoms with Crippen molar-refractivity contribution in [1.29, 1.82) is 0 Å². The van der Waals surface area contributed by atoms with Gasteiger partial charge in [-0.2, -0.15) is 8.42 Å². The molecule has 0 amide bonds. The molecule has 2 aliphatic rings. The second kappa shape index (κ2) is 5.16. The Morgan fingerprint density at radius 3 is 2.53 bits per heavy atom. The fourth-order valence-electron chi connectivity index (χ4n) is 2.76. The van der Waals surface area contributed by atoms with E-state index in [0.29, 0.717) is 0 Å². The summed E-state index contributed by atoms with van der Waals surface area (Å²) in [6.45, 7) is 5.97. The van der Waals surface area contributed by atoms with Gasteiger partial charge in [0, 0.05) is 0 Å². The summed E-state index contributed by atoms with van der Waals surface area (Å²) in [6.07, 6.45) is 4.05. The van der Waals surface area contributed by atoms with Crippen LogP contribution in [0.25, 0.3) is 0 Å². The highest BCUT2D eigenvalue weighted by Gasteiger charge is 2.50. The van der Waals surface area contributed by atoms with Gasteiger partial charge in [-0.25, -0.2) is 0 Å². The van der Waals surface area contributed by atoms with Gasteiger partial charge in [0.1, 0.15) is 12.2 Å². The summed E-state index contributed by atoms with van der Waals surface area (Å²) in [7, 11) is -3.52. The summed E-state index contributed by atoms with van der Waals surface area (Å²) in [6, 6.07) is 0. The fourth-order valence-corrected chi connectivity index (χ4v) is 3.33. The van der Waals surface area contributed by atoms with Crippen molar-refractivity contribution in [2.75, 3.05) is 6.26 Å². The van der Waals surface area contributed by atoms with Crippen LogP contribution in [0.1, 0.15) is 40.0 Å². The van der Waals surface area contributed by atoms with Gasteiger partial charge in [0.15, 0.2) is 5.79 Å². The second-order valence-electron chi connectivity index (χ2n) is 5.34. The Morgan fingerprint density at radius 2 is 2.00 bits per heavy atom. The number of rotatable bonds is 4. The van der Waals surface area contributed by atoms with Gasteiger partial charge in [0.2, 0.25) is 0 Å². The van der Waals surface area contributed by atoms with Gasteiger partial charge in [-0.05, 0) is 26.2 Å². The fraction of sp³-hybridized carbons (Fsp3) is 0.846. The Labute approximate surface area is 115 Å². The lowest BCUT2D eigenvalue weighted by Gasteiger charge is -2.28. The van der Waals surface area contributed by atoms with Crippen molar-refractivity contribution >= 4 is 10.1 Å². The van der Waals surface area contributed by atoms with Crippen molar-refractivity contribution in [1.82, 2.24) is 0 Å². The smallest absolute Gasteiger partial charge is 0.265 e. The lowest BCUT2D eigenvalue weighted by molar-refractivity contribution is -0.182. The molecule has 1 fully saturated rings. The van der Waals surface area contributed by atoms with E-state index in [2.05, 4.69) is 0 Å². The van der Waals surface area contributed by atoms with E-state index in [1.165, 1.54) is 0 Å². The number of ether oxygens (including phenoxy) is 2. The molecule has 0 spiro atoms.